The van der Waals surface area contributed by atoms with E-state index in [1.807, 2.05) is 43.8 Å². The number of rotatable bonds is 4. The number of aromatic nitrogens is 5. The van der Waals surface area contributed by atoms with Gasteiger partial charge in [-0.15, -0.1) is 0 Å². The van der Waals surface area contributed by atoms with Gasteiger partial charge in [0.05, 0.1) is 12.2 Å². The first-order valence-electron chi connectivity index (χ1n) is 10.3. The van der Waals surface area contributed by atoms with Gasteiger partial charge in [-0.2, -0.15) is 5.10 Å². The Hall–Kier alpha value is -4.00. The predicted octanol–water partition coefficient (Wildman–Crippen LogP) is 5.31. The van der Waals surface area contributed by atoms with Gasteiger partial charge in [0, 0.05) is 57.5 Å². The maximum absolute atomic E-state index is 13.6. The highest BCUT2D eigenvalue weighted by molar-refractivity contribution is 5.96. The summed E-state index contributed by atoms with van der Waals surface area (Å²) >= 11 is 0. The number of aryl methyl sites for hydroxylation is 2. The minimum absolute atomic E-state index is 0.0297. The van der Waals surface area contributed by atoms with Crippen LogP contribution < -0.4 is 0 Å². The van der Waals surface area contributed by atoms with Crippen LogP contribution in [0.1, 0.15) is 22.5 Å². The number of pyridine rings is 2. The Morgan fingerprint density at radius 3 is 2.59 bits per heavy atom. The fourth-order valence-corrected chi connectivity index (χ4v) is 4.14. The summed E-state index contributed by atoms with van der Waals surface area (Å²) in [6.07, 6.45) is 5.39. The zero-order chi connectivity index (χ0) is 22.4. The van der Waals surface area contributed by atoms with Gasteiger partial charge in [-0.05, 0) is 50.6 Å². The Labute approximate surface area is 184 Å². The average molecular weight is 427 g/mol. The van der Waals surface area contributed by atoms with E-state index in [0.717, 1.165) is 50.2 Å². The maximum atomic E-state index is 13.6. The smallest absolute Gasteiger partial charge is 0.213 e. The number of nitrogens with zero attached hydrogens (tertiary/aromatic N) is 4. The summed E-state index contributed by atoms with van der Waals surface area (Å²) in [7, 11) is 0. The Morgan fingerprint density at radius 2 is 1.81 bits per heavy atom. The van der Waals surface area contributed by atoms with Crippen molar-refractivity contribution in [1.82, 2.24) is 24.7 Å². The van der Waals surface area contributed by atoms with Crippen molar-refractivity contribution in [2.75, 3.05) is 0 Å². The standard InChI is InChI=1S/C25H22FN5O/c1-14-7-18(11-29-25(14)32)19-9-21-22(12-28-24(21)27-10-19)23-15(2)30-31(16(23)3)13-17-5-4-6-20(26)8-17/h4-12H,13H2,1-3H3,(H,27,28)(H,29,32). The number of hydrogen-bond donors (Lipinski definition) is 2. The molecule has 0 spiro atoms. The molecule has 1 aromatic carbocycles. The molecule has 0 aliphatic heterocycles. The third-order valence-electron chi connectivity index (χ3n) is 5.79. The molecule has 0 unspecified atom stereocenters. The van der Waals surface area contributed by atoms with Gasteiger partial charge in [-0.3, -0.25) is 4.68 Å². The van der Waals surface area contributed by atoms with Gasteiger partial charge in [0.15, 0.2) is 0 Å². The molecule has 6 nitrogen and oxygen atoms in total. The van der Waals surface area contributed by atoms with E-state index in [0.29, 0.717) is 12.1 Å². The van der Waals surface area contributed by atoms with E-state index in [1.54, 1.807) is 18.5 Å². The lowest BCUT2D eigenvalue weighted by molar-refractivity contribution is 0.449. The largest absolute Gasteiger partial charge is 0.493 e. The second-order valence-corrected chi connectivity index (χ2v) is 8.02. The monoisotopic (exact) mass is 427 g/mol. The van der Waals surface area contributed by atoms with Crippen molar-refractivity contribution in [1.29, 1.82) is 0 Å². The van der Waals surface area contributed by atoms with Crippen LogP contribution in [0.25, 0.3) is 33.3 Å². The number of fused-ring (bicyclic) bond motifs is 1. The molecule has 4 heterocycles. The Bertz CT molecular complexity index is 1470. The van der Waals surface area contributed by atoms with Crippen LogP contribution in [0.3, 0.4) is 0 Å². The molecule has 0 saturated carbocycles. The zero-order valence-electron chi connectivity index (χ0n) is 18.0. The van der Waals surface area contributed by atoms with Gasteiger partial charge in [-0.25, -0.2) is 14.4 Å². The Kier molecular flexibility index (Phi) is 4.74. The first-order valence-corrected chi connectivity index (χ1v) is 10.3. The fourth-order valence-electron chi connectivity index (χ4n) is 4.14. The number of aromatic amines is 1. The van der Waals surface area contributed by atoms with Crippen molar-refractivity contribution in [2.24, 2.45) is 0 Å². The highest BCUT2D eigenvalue weighted by Crippen LogP contribution is 2.35. The summed E-state index contributed by atoms with van der Waals surface area (Å²) in [4.78, 5) is 11.9. The molecule has 160 valence electrons. The zero-order valence-corrected chi connectivity index (χ0v) is 18.0. The van der Waals surface area contributed by atoms with Crippen LogP contribution in [-0.4, -0.2) is 29.8 Å². The molecular formula is C25H22FN5O. The first-order chi connectivity index (χ1) is 15.4. The van der Waals surface area contributed by atoms with Crippen LogP contribution in [0.15, 0.2) is 55.0 Å². The number of H-pyrrole nitrogens is 1. The summed E-state index contributed by atoms with van der Waals surface area (Å²) < 4.78 is 15.5. The molecule has 7 heteroatoms. The number of hydrogen-bond acceptors (Lipinski definition) is 4. The Balaban J connectivity index is 1.59. The molecule has 0 bridgehead atoms. The summed E-state index contributed by atoms with van der Waals surface area (Å²) in [5.41, 5.74) is 8.09. The molecule has 0 fully saturated rings. The van der Waals surface area contributed by atoms with Crippen molar-refractivity contribution in [2.45, 2.75) is 27.3 Å². The molecule has 32 heavy (non-hydrogen) atoms. The van der Waals surface area contributed by atoms with Crippen LogP contribution in [0.4, 0.5) is 4.39 Å². The van der Waals surface area contributed by atoms with Gasteiger partial charge in [-0.1, -0.05) is 12.1 Å². The average Bonchev–Trinajstić information content (AvgIpc) is 3.29. The number of halogens is 1. The van der Waals surface area contributed by atoms with Crippen molar-refractivity contribution in [3.63, 3.8) is 0 Å². The topological polar surface area (TPSA) is 79.6 Å². The SMILES string of the molecule is Cc1cc(-c2cnc3[nH]cc(-c4c(C)nn(Cc5cccc(F)c5)c4C)c3c2)cnc1O. The van der Waals surface area contributed by atoms with E-state index < -0.39 is 0 Å². The second-order valence-electron chi connectivity index (χ2n) is 8.02. The van der Waals surface area contributed by atoms with Crippen LogP contribution in [0, 0.1) is 26.6 Å². The first kappa shape index (κ1) is 19.9. The fraction of sp³-hybridized carbons (Fsp3) is 0.160. The summed E-state index contributed by atoms with van der Waals surface area (Å²) in [6.45, 7) is 6.32. The predicted molar refractivity (Wildman–Crippen MR) is 122 cm³/mol. The molecule has 5 aromatic rings. The van der Waals surface area contributed by atoms with Crippen molar-refractivity contribution in [3.05, 3.63) is 83.3 Å². The summed E-state index contributed by atoms with van der Waals surface area (Å²) in [6, 6.07) is 10.6. The molecule has 0 aliphatic carbocycles. The van der Waals surface area contributed by atoms with Crippen LogP contribution in [0.2, 0.25) is 0 Å². The minimum Gasteiger partial charge on any atom is -0.493 e. The summed E-state index contributed by atoms with van der Waals surface area (Å²) in [5, 5.41) is 15.4. The van der Waals surface area contributed by atoms with Crippen molar-refractivity contribution in [3.8, 4) is 28.1 Å². The van der Waals surface area contributed by atoms with E-state index in [2.05, 4.69) is 21.0 Å². The number of benzene rings is 1. The second kappa shape index (κ2) is 7.60. The molecule has 2 N–H and O–H groups in total. The lowest BCUT2D eigenvalue weighted by Crippen LogP contribution is -2.04. The lowest BCUT2D eigenvalue weighted by atomic mass is 10.0. The van der Waals surface area contributed by atoms with Gasteiger partial charge in [0.25, 0.3) is 0 Å². The summed E-state index contributed by atoms with van der Waals surface area (Å²) in [5.74, 6) is -0.222. The lowest BCUT2D eigenvalue weighted by Gasteiger charge is -2.07. The van der Waals surface area contributed by atoms with E-state index in [1.165, 1.54) is 12.1 Å². The van der Waals surface area contributed by atoms with E-state index in [-0.39, 0.29) is 11.7 Å². The van der Waals surface area contributed by atoms with Gasteiger partial charge in [0.2, 0.25) is 5.88 Å². The molecule has 0 atom stereocenters. The van der Waals surface area contributed by atoms with Crippen molar-refractivity contribution >= 4 is 11.0 Å². The highest BCUT2D eigenvalue weighted by atomic mass is 19.1. The highest BCUT2D eigenvalue weighted by Gasteiger charge is 2.18. The van der Waals surface area contributed by atoms with Crippen LogP contribution >= 0.6 is 0 Å². The van der Waals surface area contributed by atoms with Crippen LogP contribution in [0.5, 0.6) is 5.88 Å². The normalized spacial score (nSPS) is 11.4. The quantitative estimate of drug-likeness (QED) is 0.408. The minimum atomic E-state index is -0.251. The van der Waals surface area contributed by atoms with Crippen LogP contribution in [-0.2, 0) is 6.54 Å². The molecule has 0 radical (unpaired) electrons. The van der Waals surface area contributed by atoms with E-state index in [4.69, 9.17) is 5.10 Å². The van der Waals surface area contributed by atoms with E-state index >= 15 is 0 Å². The molecule has 0 aliphatic rings. The molecular weight excluding hydrogens is 405 g/mol. The molecule has 0 amide bonds. The number of nitrogens with one attached hydrogen (secondary N) is 1. The maximum Gasteiger partial charge on any atom is 0.213 e. The number of aromatic hydroxyl groups is 1. The van der Waals surface area contributed by atoms with Gasteiger partial charge < -0.3 is 10.1 Å². The Morgan fingerprint density at radius 1 is 1.03 bits per heavy atom. The van der Waals surface area contributed by atoms with Crippen molar-refractivity contribution < 1.29 is 9.50 Å². The van der Waals surface area contributed by atoms with E-state index in [9.17, 15) is 9.50 Å². The third-order valence-corrected chi connectivity index (χ3v) is 5.79. The van der Waals surface area contributed by atoms with Gasteiger partial charge >= 0.3 is 0 Å². The van der Waals surface area contributed by atoms with Gasteiger partial charge in [0.1, 0.15) is 11.5 Å². The molecule has 0 saturated heterocycles. The molecule has 4 aromatic heterocycles. The molecule has 5 rings (SSSR count). The third kappa shape index (κ3) is 3.41.